The first-order chi connectivity index (χ1) is 26.5. The standard InChI is InChI=1S/C48H83NO5/c1-4-7-10-13-16-19-21-23-25-26-28-31-34-37-40-46(51)45(43-50)49-47(52)42-44(39-36-33-30-18-15-12-9-6-3)54-48(53)41-38-35-32-29-27-24-22-20-17-14-11-8-5-2/h8,11-12,14-15,17,20,22,24,27,29,32,44-46,50-51H,4-7,9-10,13,16,18-19,21,23,25-26,28,30-31,33-43H2,1-3H3,(H,49,52)/b11-8+,15-12-,17-14+,22-20-,27-24-,32-29+. The molecular formula is C48H83NO5. The smallest absolute Gasteiger partial charge is 0.306 e. The number of hydrogen-bond donors (Lipinski definition) is 3. The monoisotopic (exact) mass is 754 g/mol. The lowest BCUT2D eigenvalue weighted by Gasteiger charge is -2.24. The molecule has 0 saturated heterocycles. The van der Waals surface area contributed by atoms with Crippen LogP contribution in [-0.4, -0.2) is 46.9 Å². The number of rotatable bonds is 38. The normalized spacial score (nSPS) is 14.1. The van der Waals surface area contributed by atoms with E-state index in [0.29, 0.717) is 25.7 Å². The highest BCUT2D eigenvalue weighted by molar-refractivity contribution is 5.77. The van der Waals surface area contributed by atoms with E-state index in [1.54, 1.807) is 0 Å². The highest BCUT2D eigenvalue weighted by atomic mass is 16.5. The topological polar surface area (TPSA) is 95.9 Å². The lowest BCUT2D eigenvalue weighted by Crippen LogP contribution is -2.46. The van der Waals surface area contributed by atoms with Gasteiger partial charge >= 0.3 is 5.97 Å². The van der Waals surface area contributed by atoms with Crippen molar-refractivity contribution in [2.24, 2.45) is 0 Å². The Morgan fingerprint density at radius 1 is 0.556 bits per heavy atom. The average Bonchev–Trinajstić information content (AvgIpc) is 3.16. The van der Waals surface area contributed by atoms with Gasteiger partial charge in [-0.25, -0.2) is 0 Å². The first-order valence-electron chi connectivity index (χ1n) is 22.2. The van der Waals surface area contributed by atoms with Crippen molar-refractivity contribution in [3.8, 4) is 0 Å². The molecule has 1 amide bonds. The molecule has 6 heteroatoms. The number of aliphatic hydroxyl groups is 2. The fourth-order valence-corrected chi connectivity index (χ4v) is 6.28. The summed E-state index contributed by atoms with van der Waals surface area (Å²) in [6.07, 6.45) is 51.2. The van der Waals surface area contributed by atoms with Gasteiger partial charge in [0, 0.05) is 6.42 Å². The number of ether oxygens (including phenoxy) is 1. The van der Waals surface area contributed by atoms with E-state index in [1.807, 2.05) is 54.7 Å². The van der Waals surface area contributed by atoms with Gasteiger partial charge in [-0.3, -0.25) is 9.59 Å². The number of hydrogen-bond acceptors (Lipinski definition) is 5. The largest absolute Gasteiger partial charge is 0.462 e. The Hall–Kier alpha value is -2.70. The zero-order valence-corrected chi connectivity index (χ0v) is 35.1. The molecule has 0 aromatic carbocycles. The van der Waals surface area contributed by atoms with Gasteiger partial charge in [0.05, 0.1) is 25.2 Å². The molecule has 3 atom stereocenters. The lowest BCUT2D eigenvalue weighted by atomic mass is 10.0. The lowest BCUT2D eigenvalue weighted by molar-refractivity contribution is -0.151. The minimum Gasteiger partial charge on any atom is -0.462 e. The predicted molar refractivity (Wildman–Crippen MR) is 231 cm³/mol. The van der Waals surface area contributed by atoms with E-state index in [2.05, 4.69) is 44.3 Å². The van der Waals surface area contributed by atoms with Gasteiger partial charge in [-0.1, -0.05) is 196 Å². The van der Waals surface area contributed by atoms with Crippen LogP contribution in [0.25, 0.3) is 0 Å². The molecule has 0 rings (SSSR count). The van der Waals surface area contributed by atoms with Gasteiger partial charge in [0.1, 0.15) is 6.10 Å². The number of unbranched alkanes of at least 4 members (excludes halogenated alkanes) is 18. The van der Waals surface area contributed by atoms with Crippen molar-refractivity contribution in [3.63, 3.8) is 0 Å². The van der Waals surface area contributed by atoms with Crippen LogP contribution in [0.2, 0.25) is 0 Å². The number of nitrogens with one attached hydrogen (secondary N) is 1. The first kappa shape index (κ1) is 51.3. The summed E-state index contributed by atoms with van der Waals surface area (Å²) in [5.41, 5.74) is 0. The number of carbonyl (C=O) groups is 2. The molecular weight excluding hydrogens is 671 g/mol. The summed E-state index contributed by atoms with van der Waals surface area (Å²) >= 11 is 0. The average molecular weight is 754 g/mol. The molecule has 0 fully saturated rings. The van der Waals surface area contributed by atoms with Crippen molar-refractivity contribution in [2.75, 3.05) is 6.61 Å². The van der Waals surface area contributed by atoms with Gasteiger partial charge < -0.3 is 20.3 Å². The fourth-order valence-electron chi connectivity index (χ4n) is 6.28. The zero-order valence-electron chi connectivity index (χ0n) is 35.1. The fraction of sp³-hybridized carbons (Fsp3) is 0.708. The molecule has 310 valence electrons. The summed E-state index contributed by atoms with van der Waals surface area (Å²) < 4.78 is 5.82. The maximum atomic E-state index is 13.1. The number of aliphatic hydroxyl groups excluding tert-OH is 2. The van der Waals surface area contributed by atoms with E-state index in [-0.39, 0.29) is 24.9 Å². The second-order valence-electron chi connectivity index (χ2n) is 14.8. The number of allylic oxidation sites excluding steroid dienone is 12. The Morgan fingerprint density at radius 2 is 1.06 bits per heavy atom. The van der Waals surface area contributed by atoms with E-state index < -0.39 is 18.2 Å². The van der Waals surface area contributed by atoms with Gasteiger partial charge in [0.25, 0.3) is 0 Å². The van der Waals surface area contributed by atoms with Crippen LogP contribution in [0.3, 0.4) is 0 Å². The van der Waals surface area contributed by atoms with Crippen LogP contribution in [0.5, 0.6) is 0 Å². The Labute approximate surface area is 332 Å². The van der Waals surface area contributed by atoms with Crippen molar-refractivity contribution in [1.29, 1.82) is 0 Å². The number of amides is 1. The molecule has 0 aromatic rings. The molecule has 3 unspecified atom stereocenters. The Kier molecular flexibility index (Phi) is 39.4. The Balaban J connectivity index is 4.60. The van der Waals surface area contributed by atoms with Crippen LogP contribution in [0.15, 0.2) is 72.9 Å². The molecule has 54 heavy (non-hydrogen) atoms. The van der Waals surface area contributed by atoms with E-state index in [9.17, 15) is 19.8 Å². The maximum absolute atomic E-state index is 13.1. The van der Waals surface area contributed by atoms with E-state index in [1.165, 1.54) is 70.6 Å². The van der Waals surface area contributed by atoms with Crippen LogP contribution in [0.4, 0.5) is 0 Å². The molecule has 0 spiro atoms. The molecule has 0 aliphatic heterocycles. The second-order valence-corrected chi connectivity index (χ2v) is 14.8. The minimum atomic E-state index is -0.804. The second kappa shape index (κ2) is 41.5. The molecule has 0 bridgehead atoms. The van der Waals surface area contributed by atoms with Gasteiger partial charge in [-0.15, -0.1) is 0 Å². The van der Waals surface area contributed by atoms with Crippen molar-refractivity contribution in [2.45, 2.75) is 212 Å². The minimum absolute atomic E-state index is 0.0342. The Morgan fingerprint density at radius 3 is 1.63 bits per heavy atom. The summed E-state index contributed by atoms with van der Waals surface area (Å²) in [6.45, 7) is 6.22. The number of carbonyl (C=O) groups excluding carboxylic acids is 2. The van der Waals surface area contributed by atoms with Crippen LogP contribution in [0, 0.1) is 0 Å². The van der Waals surface area contributed by atoms with Gasteiger partial charge in [-0.2, -0.15) is 0 Å². The van der Waals surface area contributed by atoms with Crippen molar-refractivity contribution >= 4 is 11.9 Å². The van der Waals surface area contributed by atoms with E-state index in [0.717, 1.165) is 70.6 Å². The third-order valence-corrected chi connectivity index (χ3v) is 9.63. The SMILES string of the molecule is CC/C=C/C=C/C=C\C=C/C=C/CCCC(=O)OC(CCCCC/C=C\CCC)CC(=O)NC(CO)C(O)CCCCCCCCCCCCCCCC. The summed E-state index contributed by atoms with van der Waals surface area (Å²) in [4.78, 5) is 25.8. The molecule has 0 radical (unpaired) electrons. The van der Waals surface area contributed by atoms with Crippen molar-refractivity contribution < 1.29 is 24.5 Å². The van der Waals surface area contributed by atoms with Crippen molar-refractivity contribution in [3.05, 3.63) is 72.9 Å². The molecule has 0 aliphatic carbocycles. The van der Waals surface area contributed by atoms with Crippen molar-refractivity contribution in [1.82, 2.24) is 5.32 Å². The molecule has 0 aliphatic rings. The highest BCUT2D eigenvalue weighted by Gasteiger charge is 2.24. The molecule has 0 heterocycles. The third-order valence-electron chi connectivity index (χ3n) is 9.63. The van der Waals surface area contributed by atoms with Gasteiger partial charge in [-0.05, 0) is 57.8 Å². The van der Waals surface area contributed by atoms with Crippen LogP contribution in [0.1, 0.15) is 194 Å². The summed E-state index contributed by atoms with van der Waals surface area (Å²) in [6, 6.07) is -0.721. The number of esters is 1. The first-order valence-corrected chi connectivity index (χ1v) is 22.2. The molecule has 6 nitrogen and oxygen atoms in total. The van der Waals surface area contributed by atoms with Gasteiger partial charge in [0.2, 0.25) is 5.91 Å². The Bertz CT molecular complexity index is 1030. The van der Waals surface area contributed by atoms with Crippen LogP contribution < -0.4 is 5.32 Å². The predicted octanol–water partition coefficient (Wildman–Crippen LogP) is 12.7. The highest BCUT2D eigenvalue weighted by Crippen LogP contribution is 2.17. The zero-order chi connectivity index (χ0) is 39.6. The molecule has 0 aromatic heterocycles. The third kappa shape index (κ3) is 36.3. The van der Waals surface area contributed by atoms with Gasteiger partial charge in [0.15, 0.2) is 0 Å². The van der Waals surface area contributed by atoms with E-state index in [4.69, 9.17) is 4.74 Å². The quantitative estimate of drug-likeness (QED) is 0.0252. The summed E-state index contributed by atoms with van der Waals surface area (Å²) in [5, 5.41) is 23.6. The summed E-state index contributed by atoms with van der Waals surface area (Å²) in [5.74, 6) is -0.589. The van der Waals surface area contributed by atoms with Crippen LogP contribution >= 0.6 is 0 Å². The van der Waals surface area contributed by atoms with Crippen LogP contribution in [-0.2, 0) is 14.3 Å². The summed E-state index contributed by atoms with van der Waals surface area (Å²) in [7, 11) is 0. The molecule has 3 N–H and O–H groups in total. The maximum Gasteiger partial charge on any atom is 0.306 e. The van der Waals surface area contributed by atoms with E-state index >= 15 is 0 Å². The molecule has 0 saturated carbocycles.